The molecule has 6 rings (SSSR count). The summed E-state index contributed by atoms with van der Waals surface area (Å²) in [6, 6.07) is -3.83. The average molecular weight is 753 g/mol. The molecule has 0 aromatic rings. The van der Waals surface area contributed by atoms with Gasteiger partial charge in [-0.3, -0.25) is 33.7 Å². The van der Waals surface area contributed by atoms with Gasteiger partial charge < -0.3 is 26.2 Å². The summed E-state index contributed by atoms with van der Waals surface area (Å²) >= 11 is 0. The van der Waals surface area contributed by atoms with E-state index in [1.807, 2.05) is 27.7 Å². The summed E-state index contributed by atoms with van der Waals surface area (Å²) in [5.74, 6) is -2.26. The zero-order chi connectivity index (χ0) is 39.4. The van der Waals surface area contributed by atoms with Gasteiger partial charge in [0.25, 0.3) is 5.91 Å². The molecule has 54 heavy (non-hydrogen) atoms. The summed E-state index contributed by atoms with van der Waals surface area (Å²) in [6.07, 6.45) is 11.8. The summed E-state index contributed by atoms with van der Waals surface area (Å²) in [4.78, 5) is 87.5. The first-order valence-electron chi connectivity index (χ1n) is 21.2. The molecule has 5 amide bonds. The Balaban J connectivity index is 1.23. The molecule has 12 nitrogen and oxygen atoms in total. The lowest BCUT2D eigenvalue weighted by molar-refractivity contribution is -0.146. The van der Waals surface area contributed by atoms with Crippen LogP contribution in [0.5, 0.6) is 0 Å². The van der Waals surface area contributed by atoms with Crippen molar-refractivity contribution in [1.82, 2.24) is 31.1 Å². The van der Waals surface area contributed by atoms with E-state index in [1.54, 1.807) is 4.90 Å². The molecule has 2 spiro atoms. The molecule has 302 valence electrons. The number of Topliss-reactive ketones (excluding diaryl/α,β-unsaturated/α-hetero) is 1. The second-order valence-electron chi connectivity index (χ2n) is 19.9. The largest absolute Gasteiger partial charge is 0.347 e. The highest BCUT2D eigenvalue weighted by atomic mass is 16.2. The van der Waals surface area contributed by atoms with Crippen LogP contribution >= 0.6 is 0 Å². The van der Waals surface area contributed by atoms with Gasteiger partial charge in [0.2, 0.25) is 29.4 Å². The Bertz CT molecular complexity index is 1490. The van der Waals surface area contributed by atoms with Gasteiger partial charge in [0, 0.05) is 24.7 Å². The summed E-state index contributed by atoms with van der Waals surface area (Å²) in [5.41, 5.74) is -0.995. The molecule has 7 atom stereocenters. The van der Waals surface area contributed by atoms with Crippen molar-refractivity contribution in [2.24, 2.45) is 28.1 Å². The molecule has 0 radical (unpaired) electrons. The molecule has 4 aliphatic carbocycles. The van der Waals surface area contributed by atoms with Gasteiger partial charge in [0.15, 0.2) is 0 Å². The van der Waals surface area contributed by atoms with Gasteiger partial charge in [0.05, 0.1) is 12.1 Å². The van der Waals surface area contributed by atoms with Gasteiger partial charge in [-0.2, -0.15) is 0 Å². The summed E-state index contributed by atoms with van der Waals surface area (Å²) in [5, 5.41) is 12.0. The van der Waals surface area contributed by atoms with E-state index in [1.165, 1.54) is 0 Å². The highest BCUT2D eigenvalue weighted by Gasteiger charge is 2.78. The number of nitrogens with one attached hydrogen (secondary N) is 4. The number of ketones is 1. The lowest BCUT2D eigenvalue weighted by atomic mass is 9.74. The Hall–Kier alpha value is -3.02. The number of fused-ring (bicyclic) bond motifs is 1. The fourth-order valence-electron chi connectivity index (χ4n) is 10.6. The predicted molar refractivity (Wildman–Crippen MR) is 206 cm³/mol. The van der Waals surface area contributed by atoms with Crippen LogP contribution in [-0.4, -0.2) is 100.0 Å². The van der Waals surface area contributed by atoms with Crippen molar-refractivity contribution in [3.05, 3.63) is 0 Å². The van der Waals surface area contributed by atoms with Crippen LogP contribution in [-0.2, 0) is 28.8 Å². The molecular formula is C42H68N6O6. The fourth-order valence-corrected chi connectivity index (χ4v) is 10.6. The van der Waals surface area contributed by atoms with Crippen molar-refractivity contribution in [3.8, 4) is 0 Å². The fraction of sp³-hybridized carbons (Fsp3) is 0.857. The molecule has 6 aliphatic rings. The van der Waals surface area contributed by atoms with E-state index in [2.05, 4.69) is 53.9 Å². The number of likely N-dealkylation sites (tertiary alicyclic amines) is 2. The van der Waals surface area contributed by atoms with Crippen molar-refractivity contribution in [2.75, 3.05) is 13.1 Å². The van der Waals surface area contributed by atoms with Crippen LogP contribution in [0.2, 0.25) is 0 Å². The number of carbonyl (C=O) groups is 6. The highest BCUT2D eigenvalue weighted by Crippen LogP contribution is 2.81. The number of carbonyl (C=O) groups excluding carboxylic acids is 6. The number of hydrogen-bond donors (Lipinski definition) is 4. The summed E-state index contributed by atoms with van der Waals surface area (Å²) in [6.45, 7) is 17.4. The van der Waals surface area contributed by atoms with Crippen LogP contribution in [0.15, 0.2) is 0 Å². The third kappa shape index (κ3) is 7.70. The molecular weight excluding hydrogens is 684 g/mol. The van der Waals surface area contributed by atoms with Crippen LogP contribution in [0.3, 0.4) is 0 Å². The van der Waals surface area contributed by atoms with E-state index in [0.717, 1.165) is 77.2 Å². The summed E-state index contributed by atoms with van der Waals surface area (Å²) < 4.78 is 0. The van der Waals surface area contributed by atoms with Crippen molar-refractivity contribution >= 4 is 35.3 Å². The molecule has 2 aliphatic heterocycles. The van der Waals surface area contributed by atoms with Crippen molar-refractivity contribution < 1.29 is 28.8 Å². The van der Waals surface area contributed by atoms with Crippen LogP contribution in [0.1, 0.15) is 145 Å². The molecule has 4 saturated carbocycles. The van der Waals surface area contributed by atoms with Gasteiger partial charge in [-0.25, -0.2) is 0 Å². The van der Waals surface area contributed by atoms with Gasteiger partial charge in [-0.15, -0.1) is 0 Å². The van der Waals surface area contributed by atoms with Gasteiger partial charge in [-0.1, -0.05) is 66.7 Å². The maximum absolute atomic E-state index is 15.0. The molecule has 2 heterocycles. The first kappa shape index (κ1) is 40.6. The topological polar surface area (TPSA) is 157 Å². The minimum atomic E-state index is -0.980. The van der Waals surface area contributed by atoms with Crippen LogP contribution in [0, 0.1) is 28.1 Å². The Morgan fingerprint density at radius 3 is 1.93 bits per heavy atom. The van der Waals surface area contributed by atoms with Gasteiger partial charge in [0.1, 0.15) is 18.1 Å². The first-order valence-corrected chi connectivity index (χ1v) is 21.2. The lowest BCUT2D eigenvalue weighted by Crippen LogP contribution is -2.66. The molecule has 0 bridgehead atoms. The maximum atomic E-state index is 15.0. The van der Waals surface area contributed by atoms with Crippen LogP contribution < -0.4 is 21.3 Å². The second-order valence-corrected chi connectivity index (χ2v) is 19.9. The quantitative estimate of drug-likeness (QED) is 0.207. The standard InChI is InChI=1S/C42H68N6O6/c1-9-14-28(32(49)37(53)43-27-17-18-27)44-35(51)30-23-42(25(2)41(42)20-13-21-41)24-47(30)38(54)33(39(3,4)5)46-36(52)31(26-15-11-10-12-16-26)45-34(50)29-19-22-48(29)40(6,7)8/h25-31,33H,9-24H2,1-8H3,(H,43,53)(H,44,51)(H,45,50)(H,46,52)/t25?,28?,29?,30-,31-,33+,42+/m0/s1. The number of hydrogen-bond acceptors (Lipinski definition) is 7. The lowest BCUT2D eigenvalue weighted by Gasteiger charge is -2.49. The minimum absolute atomic E-state index is 0.0178. The molecule has 2 saturated heterocycles. The van der Waals surface area contributed by atoms with Crippen molar-refractivity contribution in [2.45, 2.75) is 187 Å². The Kier molecular flexibility index (Phi) is 11.4. The van der Waals surface area contributed by atoms with E-state index in [-0.39, 0.29) is 52.1 Å². The number of nitrogens with zero attached hydrogens (tertiary/aromatic N) is 2. The van der Waals surface area contributed by atoms with Crippen LogP contribution in [0.25, 0.3) is 0 Å². The maximum Gasteiger partial charge on any atom is 0.289 e. The van der Waals surface area contributed by atoms with E-state index in [4.69, 9.17) is 0 Å². The first-order chi connectivity index (χ1) is 25.3. The van der Waals surface area contributed by atoms with Crippen molar-refractivity contribution in [3.63, 3.8) is 0 Å². The van der Waals surface area contributed by atoms with E-state index >= 15 is 4.79 Å². The minimum Gasteiger partial charge on any atom is -0.347 e. The van der Waals surface area contributed by atoms with E-state index in [0.29, 0.717) is 31.7 Å². The molecule has 0 aromatic heterocycles. The zero-order valence-corrected chi connectivity index (χ0v) is 34.3. The molecule has 4 N–H and O–H groups in total. The number of rotatable bonds is 13. The zero-order valence-electron chi connectivity index (χ0n) is 34.3. The molecule has 0 aromatic carbocycles. The number of amides is 5. The molecule has 12 heteroatoms. The Morgan fingerprint density at radius 2 is 1.43 bits per heavy atom. The third-order valence-corrected chi connectivity index (χ3v) is 14.4. The third-order valence-electron chi connectivity index (χ3n) is 14.4. The predicted octanol–water partition coefficient (Wildman–Crippen LogP) is 4.00. The van der Waals surface area contributed by atoms with Gasteiger partial charge in [-0.05, 0) is 107 Å². The normalized spacial score (nSPS) is 29.7. The monoisotopic (exact) mass is 753 g/mol. The van der Waals surface area contributed by atoms with Gasteiger partial charge >= 0.3 is 0 Å². The second kappa shape index (κ2) is 15.1. The van der Waals surface area contributed by atoms with Crippen LogP contribution in [0.4, 0.5) is 0 Å². The van der Waals surface area contributed by atoms with E-state index in [9.17, 15) is 24.0 Å². The summed E-state index contributed by atoms with van der Waals surface area (Å²) in [7, 11) is 0. The average Bonchev–Trinajstić information content (AvgIpc) is 3.91. The molecule has 3 unspecified atom stereocenters. The Labute approximate surface area is 322 Å². The smallest absolute Gasteiger partial charge is 0.289 e. The van der Waals surface area contributed by atoms with E-state index < -0.39 is 47.2 Å². The Morgan fingerprint density at radius 1 is 0.778 bits per heavy atom. The molecule has 6 fully saturated rings. The SMILES string of the molecule is CCCC(NC(=O)[C@@H]1C[C@@]2(CN1C(=O)[C@@H](NC(=O)[C@@H](NC(=O)C1CCN1C(C)(C)C)C1CCCCC1)C(C)(C)C)C(C)C21CCC1)C(=O)C(=O)NC1CC1. The highest BCUT2D eigenvalue weighted by molar-refractivity contribution is 6.38. The van der Waals surface area contributed by atoms with Crippen molar-refractivity contribution in [1.29, 1.82) is 0 Å².